The maximum atomic E-state index is 11.2. The topological polar surface area (TPSA) is 65.8 Å². The summed E-state index contributed by atoms with van der Waals surface area (Å²) in [5, 5.41) is 7.82. The van der Waals surface area contributed by atoms with Crippen LogP contribution in [0.5, 0.6) is 0 Å². The van der Waals surface area contributed by atoms with Crippen LogP contribution < -0.4 is 10.9 Å². The summed E-state index contributed by atoms with van der Waals surface area (Å²) in [4.78, 5) is 11.2. The molecule has 1 aliphatic heterocycles. The van der Waals surface area contributed by atoms with Crippen molar-refractivity contribution in [1.29, 1.82) is 0 Å². The number of hydrogen-bond acceptors (Lipinski definition) is 3. The second kappa shape index (κ2) is 3.16. The van der Waals surface area contributed by atoms with E-state index in [1.165, 1.54) is 0 Å². The van der Waals surface area contributed by atoms with Gasteiger partial charge < -0.3 is 0 Å². The molecule has 1 amide bonds. The van der Waals surface area contributed by atoms with Crippen molar-refractivity contribution in [2.75, 3.05) is 0 Å². The van der Waals surface area contributed by atoms with E-state index in [-0.39, 0.29) is 5.91 Å². The molecule has 0 aromatic rings. The summed E-state index contributed by atoms with van der Waals surface area (Å²) in [7, 11) is 0. The van der Waals surface area contributed by atoms with Gasteiger partial charge in [0.25, 0.3) is 5.91 Å². The Hall–Kier alpha value is -1.39. The van der Waals surface area contributed by atoms with Crippen LogP contribution in [-0.4, -0.2) is 17.5 Å². The molecule has 0 radical (unpaired) electrons. The van der Waals surface area contributed by atoms with Gasteiger partial charge >= 0.3 is 0 Å². The molecule has 0 aromatic heterocycles. The molecule has 13 heavy (non-hydrogen) atoms. The number of nitrogens with zero attached hydrogens (tertiary/aromatic N) is 2. The molecular formula is C8H14N4O. The fourth-order valence-electron chi connectivity index (χ4n) is 0.836. The van der Waals surface area contributed by atoms with Gasteiger partial charge in [0.05, 0.1) is 0 Å². The first-order valence-electron chi connectivity index (χ1n) is 4.10. The molecule has 1 rings (SSSR count). The number of amidine groups is 1. The largest absolute Gasteiger partial charge is 0.283 e. The molecule has 1 saturated heterocycles. The van der Waals surface area contributed by atoms with Crippen molar-refractivity contribution >= 4 is 17.5 Å². The van der Waals surface area contributed by atoms with Crippen molar-refractivity contribution in [2.24, 2.45) is 15.6 Å². The van der Waals surface area contributed by atoms with Gasteiger partial charge in [0.2, 0.25) is 0 Å². The summed E-state index contributed by atoms with van der Waals surface area (Å²) in [6.07, 6.45) is 0. The smallest absolute Gasteiger partial charge is 0.251 e. The molecule has 0 unspecified atom stereocenters. The Bertz CT molecular complexity index is 287. The minimum atomic E-state index is -0.612. The molecule has 1 aliphatic rings. The van der Waals surface area contributed by atoms with Gasteiger partial charge in [-0.15, -0.1) is 5.10 Å². The highest BCUT2D eigenvalue weighted by atomic mass is 16.2. The molecule has 2 N–H and O–H groups in total. The summed E-state index contributed by atoms with van der Waals surface area (Å²) < 4.78 is 0. The van der Waals surface area contributed by atoms with Gasteiger partial charge in [-0.25, -0.2) is 0 Å². The van der Waals surface area contributed by atoms with Crippen LogP contribution in [0.4, 0.5) is 0 Å². The van der Waals surface area contributed by atoms with Crippen LogP contribution in [0, 0.1) is 5.41 Å². The SMILES string of the molecule is CC(C)=N/N=C1/NNC(=O)C1(C)C. The van der Waals surface area contributed by atoms with Crippen molar-refractivity contribution in [3.05, 3.63) is 0 Å². The number of hydrogen-bond donors (Lipinski definition) is 2. The lowest BCUT2D eigenvalue weighted by Gasteiger charge is -2.10. The Morgan fingerprint density at radius 1 is 1.31 bits per heavy atom. The Morgan fingerprint density at radius 3 is 2.31 bits per heavy atom. The molecule has 5 heteroatoms. The second-order valence-corrected chi connectivity index (χ2v) is 3.70. The molecule has 0 aliphatic carbocycles. The standard InChI is InChI=1S/C8H14N4O/c1-5(2)9-10-6-8(3,4)7(13)12-11-6/h1-4H3,(H,10,11)(H,12,13). The summed E-state index contributed by atoms with van der Waals surface area (Å²) in [5.74, 6) is 0.467. The second-order valence-electron chi connectivity index (χ2n) is 3.70. The zero-order valence-corrected chi connectivity index (χ0v) is 8.30. The van der Waals surface area contributed by atoms with Crippen molar-refractivity contribution in [3.63, 3.8) is 0 Å². The molecular weight excluding hydrogens is 168 g/mol. The van der Waals surface area contributed by atoms with Crippen LogP contribution in [0.1, 0.15) is 27.7 Å². The van der Waals surface area contributed by atoms with Crippen LogP contribution in [0.15, 0.2) is 10.2 Å². The van der Waals surface area contributed by atoms with Crippen molar-refractivity contribution in [3.8, 4) is 0 Å². The number of amides is 1. The van der Waals surface area contributed by atoms with E-state index in [1.807, 2.05) is 13.8 Å². The van der Waals surface area contributed by atoms with Crippen LogP contribution >= 0.6 is 0 Å². The van der Waals surface area contributed by atoms with Crippen LogP contribution in [0.25, 0.3) is 0 Å². The average molecular weight is 182 g/mol. The van der Waals surface area contributed by atoms with Gasteiger partial charge in [-0.1, -0.05) is 0 Å². The van der Waals surface area contributed by atoms with Gasteiger partial charge in [0, 0.05) is 5.71 Å². The monoisotopic (exact) mass is 182 g/mol. The number of carbonyl (C=O) groups is 1. The third-order valence-electron chi connectivity index (χ3n) is 1.80. The molecule has 5 nitrogen and oxygen atoms in total. The maximum Gasteiger partial charge on any atom is 0.251 e. The first-order chi connectivity index (χ1) is 5.94. The minimum Gasteiger partial charge on any atom is -0.283 e. The zero-order chi connectivity index (χ0) is 10.1. The quantitative estimate of drug-likeness (QED) is 0.456. The first-order valence-corrected chi connectivity index (χ1v) is 4.10. The van der Waals surface area contributed by atoms with Gasteiger partial charge in [0.15, 0.2) is 5.84 Å². The van der Waals surface area contributed by atoms with E-state index >= 15 is 0 Å². The molecule has 0 bridgehead atoms. The highest BCUT2D eigenvalue weighted by Gasteiger charge is 2.39. The number of carbonyl (C=O) groups excluding carboxylic acids is 1. The number of hydrazine groups is 1. The van der Waals surface area contributed by atoms with E-state index in [1.54, 1.807) is 13.8 Å². The Labute approximate surface area is 77.3 Å². The predicted molar refractivity (Wildman–Crippen MR) is 51.3 cm³/mol. The Kier molecular flexibility index (Phi) is 2.36. The normalized spacial score (nSPS) is 22.5. The van der Waals surface area contributed by atoms with E-state index in [4.69, 9.17) is 0 Å². The zero-order valence-electron chi connectivity index (χ0n) is 8.30. The highest BCUT2D eigenvalue weighted by Crippen LogP contribution is 2.19. The van der Waals surface area contributed by atoms with E-state index < -0.39 is 5.41 Å². The van der Waals surface area contributed by atoms with E-state index in [0.29, 0.717) is 5.84 Å². The van der Waals surface area contributed by atoms with Crippen molar-refractivity contribution < 1.29 is 4.79 Å². The molecule has 0 spiro atoms. The van der Waals surface area contributed by atoms with E-state index in [2.05, 4.69) is 21.1 Å². The van der Waals surface area contributed by atoms with Crippen molar-refractivity contribution in [2.45, 2.75) is 27.7 Å². The molecule has 0 saturated carbocycles. The Balaban J connectivity index is 2.90. The van der Waals surface area contributed by atoms with Gasteiger partial charge in [-0.2, -0.15) is 5.10 Å². The van der Waals surface area contributed by atoms with E-state index in [9.17, 15) is 4.79 Å². The Morgan fingerprint density at radius 2 is 1.92 bits per heavy atom. The summed E-state index contributed by atoms with van der Waals surface area (Å²) in [5.41, 5.74) is 5.43. The summed E-state index contributed by atoms with van der Waals surface area (Å²) >= 11 is 0. The molecule has 0 atom stereocenters. The number of rotatable bonds is 1. The molecule has 0 aromatic carbocycles. The first kappa shape index (κ1) is 9.70. The fraction of sp³-hybridized carbons (Fsp3) is 0.625. The molecule has 1 fully saturated rings. The van der Waals surface area contributed by atoms with Gasteiger partial charge in [-0.05, 0) is 27.7 Å². The highest BCUT2D eigenvalue weighted by molar-refractivity contribution is 6.11. The molecule has 72 valence electrons. The van der Waals surface area contributed by atoms with Gasteiger partial charge in [0.1, 0.15) is 5.41 Å². The molecule has 1 heterocycles. The third kappa shape index (κ3) is 1.85. The van der Waals surface area contributed by atoms with Crippen LogP contribution in [-0.2, 0) is 4.79 Å². The van der Waals surface area contributed by atoms with Crippen LogP contribution in [0.3, 0.4) is 0 Å². The average Bonchev–Trinajstić information content (AvgIpc) is 2.25. The lowest BCUT2D eigenvalue weighted by Crippen LogP contribution is -2.28. The summed E-state index contributed by atoms with van der Waals surface area (Å²) in [6.45, 7) is 7.28. The predicted octanol–water partition coefficient (Wildman–Crippen LogP) is 0.441. The van der Waals surface area contributed by atoms with Crippen molar-refractivity contribution in [1.82, 2.24) is 10.9 Å². The van der Waals surface area contributed by atoms with Crippen LogP contribution in [0.2, 0.25) is 0 Å². The fourth-order valence-corrected chi connectivity index (χ4v) is 0.836. The lowest BCUT2D eigenvalue weighted by molar-refractivity contribution is -0.124. The van der Waals surface area contributed by atoms with Gasteiger partial charge in [-0.3, -0.25) is 15.6 Å². The van der Waals surface area contributed by atoms with E-state index in [0.717, 1.165) is 5.71 Å². The summed E-state index contributed by atoms with van der Waals surface area (Å²) in [6, 6.07) is 0. The third-order valence-corrected chi connectivity index (χ3v) is 1.80. The minimum absolute atomic E-state index is 0.0878. The maximum absolute atomic E-state index is 11.2. The lowest BCUT2D eigenvalue weighted by atomic mass is 9.93. The number of nitrogens with one attached hydrogen (secondary N) is 2.